The van der Waals surface area contributed by atoms with Gasteiger partial charge >= 0.3 is 0 Å². The highest BCUT2D eigenvalue weighted by atomic mass is 32.1. The predicted octanol–water partition coefficient (Wildman–Crippen LogP) is 0.831. The molecule has 1 aromatic heterocycles. The summed E-state index contributed by atoms with van der Waals surface area (Å²) < 4.78 is 3.59. The van der Waals surface area contributed by atoms with E-state index in [0.29, 0.717) is 10.7 Å². The molecule has 0 saturated heterocycles. The standard InChI is InChI=1S/C11H11N5OS/c17-10(13-11-14-15-16-18-11)8-2-1-7-3-4-12-6-9(7)5-8/h1-2,5,12H,3-4,6H2,(H,13,14,16,17). The molecular formula is C11H11N5OS. The van der Waals surface area contributed by atoms with E-state index in [-0.39, 0.29) is 5.91 Å². The molecule has 1 amide bonds. The fraction of sp³-hybridized carbons (Fsp3) is 0.273. The van der Waals surface area contributed by atoms with Crippen LogP contribution >= 0.6 is 11.5 Å². The number of carbonyl (C=O) groups is 1. The summed E-state index contributed by atoms with van der Waals surface area (Å²) in [5.74, 6) is -0.179. The Balaban J connectivity index is 1.81. The molecular weight excluding hydrogens is 250 g/mol. The summed E-state index contributed by atoms with van der Waals surface area (Å²) >= 11 is 1.06. The average molecular weight is 261 g/mol. The van der Waals surface area contributed by atoms with E-state index in [9.17, 15) is 4.79 Å². The summed E-state index contributed by atoms with van der Waals surface area (Å²) in [6.07, 6.45) is 1.01. The van der Waals surface area contributed by atoms with Gasteiger partial charge < -0.3 is 5.32 Å². The molecule has 92 valence electrons. The number of fused-ring (bicyclic) bond motifs is 1. The van der Waals surface area contributed by atoms with Crippen LogP contribution in [0.5, 0.6) is 0 Å². The number of nitrogens with one attached hydrogen (secondary N) is 2. The fourth-order valence-electron chi connectivity index (χ4n) is 1.97. The van der Waals surface area contributed by atoms with Gasteiger partial charge in [-0.3, -0.25) is 10.1 Å². The van der Waals surface area contributed by atoms with Gasteiger partial charge in [0, 0.05) is 23.6 Å². The van der Waals surface area contributed by atoms with Crippen molar-refractivity contribution < 1.29 is 4.79 Å². The Morgan fingerprint density at radius 2 is 2.33 bits per heavy atom. The highest BCUT2D eigenvalue weighted by molar-refractivity contribution is 7.09. The van der Waals surface area contributed by atoms with Crippen LogP contribution in [-0.4, -0.2) is 27.3 Å². The zero-order valence-electron chi connectivity index (χ0n) is 9.51. The molecule has 1 aliphatic rings. The first-order valence-corrected chi connectivity index (χ1v) is 6.39. The molecule has 0 bridgehead atoms. The van der Waals surface area contributed by atoms with Crippen LogP contribution in [0.25, 0.3) is 0 Å². The van der Waals surface area contributed by atoms with Gasteiger partial charge in [-0.2, -0.15) is 0 Å². The van der Waals surface area contributed by atoms with Crippen LogP contribution < -0.4 is 10.6 Å². The molecule has 0 atom stereocenters. The number of hydrogen-bond donors (Lipinski definition) is 2. The summed E-state index contributed by atoms with van der Waals surface area (Å²) in [6.45, 7) is 1.81. The second-order valence-electron chi connectivity index (χ2n) is 4.03. The Hall–Kier alpha value is -1.86. The lowest BCUT2D eigenvalue weighted by molar-refractivity contribution is 0.102. The van der Waals surface area contributed by atoms with E-state index < -0.39 is 0 Å². The SMILES string of the molecule is O=C(Nc1nnns1)c1ccc2c(c1)CNCC2. The van der Waals surface area contributed by atoms with Crippen LogP contribution in [0, 0.1) is 0 Å². The first-order valence-electron chi connectivity index (χ1n) is 5.62. The van der Waals surface area contributed by atoms with Crippen molar-refractivity contribution >= 4 is 22.6 Å². The molecule has 1 aromatic carbocycles. The van der Waals surface area contributed by atoms with E-state index >= 15 is 0 Å². The lowest BCUT2D eigenvalue weighted by Gasteiger charge is -2.17. The molecule has 1 aliphatic heterocycles. The van der Waals surface area contributed by atoms with Crippen molar-refractivity contribution in [2.45, 2.75) is 13.0 Å². The minimum absolute atomic E-state index is 0.179. The Labute approximate surface area is 108 Å². The van der Waals surface area contributed by atoms with E-state index in [1.165, 1.54) is 11.1 Å². The van der Waals surface area contributed by atoms with Gasteiger partial charge in [-0.25, -0.2) is 0 Å². The molecule has 0 radical (unpaired) electrons. The van der Waals surface area contributed by atoms with E-state index in [0.717, 1.165) is 31.0 Å². The van der Waals surface area contributed by atoms with Crippen molar-refractivity contribution in [3.8, 4) is 0 Å². The first kappa shape index (κ1) is 11.2. The van der Waals surface area contributed by atoms with Crippen LogP contribution in [0.1, 0.15) is 21.5 Å². The molecule has 18 heavy (non-hydrogen) atoms. The van der Waals surface area contributed by atoms with E-state index in [4.69, 9.17) is 0 Å². The van der Waals surface area contributed by atoms with Gasteiger partial charge in [0.15, 0.2) is 0 Å². The number of carbonyl (C=O) groups excluding carboxylic acids is 1. The van der Waals surface area contributed by atoms with Crippen molar-refractivity contribution in [3.05, 3.63) is 34.9 Å². The van der Waals surface area contributed by atoms with Gasteiger partial charge in [0.25, 0.3) is 5.91 Å². The van der Waals surface area contributed by atoms with Gasteiger partial charge in [0.1, 0.15) is 0 Å². The molecule has 2 aromatic rings. The van der Waals surface area contributed by atoms with Crippen molar-refractivity contribution in [1.82, 2.24) is 20.1 Å². The zero-order valence-corrected chi connectivity index (χ0v) is 10.3. The van der Waals surface area contributed by atoms with Crippen molar-refractivity contribution in [2.75, 3.05) is 11.9 Å². The summed E-state index contributed by atoms with van der Waals surface area (Å²) in [5, 5.41) is 13.5. The van der Waals surface area contributed by atoms with E-state index in [1.807, 2.05) is 18.2 Å². The largest absolute Gasteiger partial charge is 0.312 e. The minimum Gasteiger partial charge on any atom is -0.312 e. The zero-order chi connectivity index (χ0) is 12.4. The lowest BCUT2D eigenvalue weighted by atomic mass is 9.98. The Morgan fingerprint density at radius 3 is 3.17 bits per heavy atom. The average Bonchev–Trinajstić information content (AvgIpc) is 2.91. The van der Waals surface area contributed by atoms with Crippen LogP contribution in [0.2, 0.25) is 0 Å². The molecule has 0 unspecified atom stereocenters. The molecule has 6 nitrogen and oxygen atoms in total. The first-order chi connectivity index (χ1) is 8.83. The number of hydrogen-bond acceptors (Lipinski definition) is 6. The van der Waals surface area contributed by atoms with Crippen LogP contribution in [0.15, 0.2) is 18.2 Å². The third-order valence-corrected chi connectivity index (χ3v) is 3.39. The van der Waals surface area contributed by atoms with E-state index in [1.54, 1.807) is 0 Å². The number of amides is 1. The fourth-order valence-corrected chi connectivity index (χ4v) is 2.33. The third kappa shape index (κ3) is 2.22. The van der Waals surface area contributed by atoms with Crippen LogP contribution in [-0.2, 0) is 13.0 Å². The minimum atomic E-state index is -0.179. The van der Waals surface area contributed by atoms with Gasteiger partial charge in [-0.05, 0) is 41.4 Å². The van der Waals surface area contributed by atoms with Crippen LogP contribution in [0.3, 0.4) is 0 Å². The summed E-state index contributed by atoms with van der Waals surface area (Å²) in [4.78, 5) is 12.0. The van der Waals surface area contributed by atoms with Gasteiger partial charge in [0.05, 0.1) is 0 Å². The molecule has 0 spiro atoms. The van der Waals surface area contributed by atoms with Crippen molar-refractivity contribution in [1.29, 1.82) is 0 Å². The highest BCUT2D eigenvalue weighted by Gasteiger charge is 2.13. The number of aromatic nitrogens is 3. The maximum Gasteiger partial charge on any atom is 0.257 e. The topological polar surface area (TPSA) is 79.8 Å². The molecule has 3 rings (SSSR count). The number of rotatable bonds is 2. The van der Waals surface area contributed by atoms with Crippen molar-refractivity contribution in [2.24, 2.45) is 0 Å². The molecule has 2 N–H and O–H groups in total. The molecule has 2 heterocycles. The molecule has 0 fully saturated rings. The maximum atomic E-state index is 12.0. The lowest BCUT2D eigenvalue weighted by Crippen LogP contribution is -2.24. The summed E-state index contributed by atoms with van der Waals surface area (Å²) in [7, 11) is 0. The summed E-state index contributed by atoms with van der Waals surface area (Å²) in [5.41, 5.74) is 3.12. The Bertz CT molecular complexity index is 569. The van der Waals surface area contributed by atoms with Crippen LogP contribution in [0.4, 0.5) is 5.13 Å². The van der Waals surface area contributed by atoms with E-state index in [2.05, 4.69) is 25.4 Å². The molecule has 0 saturated carbocycles. The molecule has 0 aliphatic carbocycles. The Morgan fingerprint density at radius 1 is 1.39 bits per heavy atom. The second-order valence-corrected chi connectivity index (χ2v) is 4.76. The third-order valence-electron chi connectivity index (χ3n) is 2.87. The van der Waals surface area contributed by atoms with Gasteiger partial charge in [-0.15, -0.1) is 0 Å². The smallest absolute Gasteiger partial charge is 0.257 e. The quantitative estimate of drug-likeness (QED) is 0.837. The highest BCUT2D eigenvalue weighted by Crippen LogP contribution is 2.17. The predicted molar refractivity (Wildman–Crippen MR) is 67.5 cm³/mol. The number of anilines is 1. The van der Waals surface area contributed by atoms with Gasteiger partial charge in [0.2, 0.25) is 5.13 Å². The van der Waals surface area contributed by atoms with Gasteiger partial charge in [-0.1, -0.05) is 15.7 Å². The maximum absolute atomic E-state index is 12.0. The summed E-state index contributed by atoms with van der Waals surface area (Å²) in [6, 6.07) is 5.78. The monoisotopic (exact) mass is 261 g/mol. The number of benzene rings is 1. The number of nitrogens with zero attached hydrogens (tertiary/aromatic N) is 3. The second kappa shape index (κ2) is 4.79. The van der Waals surface area contributed by atoms with Crippen molar-refractivity contribution in [3.63, 3.8) is 0 Å². The Kier molecular flexibility index (Phi) is 2.99. The normalized spacial score (nSPS) is 14.0. The molecule has 7 heteroatoms.